The van der Waals surface area contributed by atoms with E-state index in [9.17, 15) is 4.57 Å². The topological polar surface area (TPSA) is 26.3 Å². The molecule has 11 heavy (non-hydrogen) atoms. The van der Waals surface area contributed by atoms with Gasteiger partial charge >= 0.3 is 0 Å². The van der Waals surface area contributed by atoms with Gasteiger partial charge in [0.15, 0.2) is 8.03 Å². The monoisotopic (exact) mass is 170 g/mol. The molecule has 0 N–H and O–H groups in total. The molecule has 0 heterocycles. The van der Waals surface area contributed by atoms with Gasteiger partial charge in [0.1, 0.15) is 0 Å². The molecule has 0 amide bonds. The number of benzene rings is 1. The lowest BCUT2D eigenvalue weighted by Crippen LogP contribution is -1.78. The molecule has 3 heteroatoms. The van der Waals surface area contributed by atoms with Crippen LogP contribution in [0.25, 0.3) is 0 Å². The Morgan fingerprint density at radius 2 is 2.00 bits per heavy atom. The third-order valence-corrected chi connectivity index (χ3v) is 2.57. The van der Waals surface area contributed by atoms with Crippen LogP contribution in [0.5, 0.6) is 0 Å². The standard InChI is InChI=1S/C8H11O2P/c1-10-11(9)7-8-5-3-2-4-6-8/h2-6,11H,7H2,1H3. The molecule has 0 spiro atoms. The van der Waals surface area contributed by atoms with E-state index in [1.54, 1.807) is 0 Å². The van der Waals surface area contributed by atoms with Crippen molar-refractivity contribution in [1.82, 2.24) is 0 Å². The van der Waals surface area contributed by atoms with Crippen LogP contribution in [-0.2, 0) is 15.3 Å². The van der Waals surface area contributed by atoms with Crippen LogP contribution in [0.15, 0.2) is 30.3 Å². The Morgan fingerprint density at radius 3 is 2.55 bits per heavy atom. The predicted octanol–water partition coefficient (Wildman–Crippen LogP) is 2.31. The van der Waals surface area contributed by atoms with Crippen LogP contribution in [-0.4, -0.2) is 7.11 Å². The third kappa shape index (κ3) is 2.87. The Bertz CT molecular complexity index is 233. The molecule has 0 bridgehead atoms. The van der Waals surface area contributed by atoms with Crippen molar-refractivity contribution in [2.24, 2.45) is 0 Å². The van der Waals surface area contributed by atoms with E-state index in [2.05, 4.69) is 0 Å². The van der Waals surface area contributed by atoms with Crippen LogP contribution < -0.4 is 0 Å². The molecule has 0 aromatic heterocycles. The summed E-state index contributed by atoms with van der Waals surface area (Å²) in [7, 11) is -0.355. The van der Waals surface area contributed by atoms with Crippen molar-refractivity contribution in [1.29, 1.82) is 0 Å². The Balaban J connectivity index is 2.58. The predicted molar refractivity (Wildman–Crippen MR) is 46.2 cm³/mol. The summed E-state index contributed by atoms with van der Waals surface area (Å²) in [6.45, 7) is 0. The summed E-state index contributed by atoms with van der Waals surface area (Å²) < 4.78 is 15.6. The third-order valence-electron chi connectivity index (χ3n) is 1.42. The Labute approximate surface area is 67.1 Å². The van der Waals surface area contributed by atoms with Crippen molar-refractivity contribution in [2.75, 3.05) is 7.11 Å². The minimum absolute atomic E-state index is 0.544. The molecule has 0 saturated carbocycles. The molecule has 0 saturated heterocycles. The lowest BCUT2D eigenvalue weighted by molar-refractivity contribution is 0.414. The SMILES string of the molecule is CO[PH](=O)Cc1ccccc1. The largest absolute Gasteiger partial charge is 0.334 e. The minimum atomic E-state index is -1.83. The van der Waals surface area contributed by atoms with Gasteiger partial charge in [0, 0.05) is 13.3 Å². The first-order valence-electron chi connectivity index (χ1n) is 3.43. The van der Waals surface area contributed by atoms with E-state index >= 15 is 0 Å². The maximum atomic E-state index is 10.9. The molecule has 0 aliphatic carbocycles. The van der Waals surface area contributed by atoms with E-state index in [0.29, 0.717) is 6.16 Å². The Hall–Kier alpha value is -0.590. The highest BCUT2D eigenvalue weighted by atomic mass is 31.1. The second-order valence-corrected chi connectivity index (χ2v) is 3.74. The van der Waals surface area contributed by atoms with Gasteiger partial charge in [-0.25, -0.2) is 0 Å². The van der Waals surface area contributed by atoms with Crippen LogP contribution in [0.2, 0.25) is 0 Å². The number of hydrogen-bond acceptors (Lipinski definition) is 2. The van der Waals surface area contributed by atoms with Crippen LogP contribution in [0.4, 0.5) is 0 Å². The maximum absolute atomic E-state index is 10.9. The van der Waals surface area contributed by atoms with Gasteiger partial charge in [0.2, 0.25) is 0 Å². The lowest BCUT2D eigenvalue weighted by atomic mass is 10.2. The molecule has 0 radical (unpaired) electrons. The van der Waals surface area contributed by atoms with Crippen molar-refractivity contribution in [3.63, 3.8) is 0 Å². The quantitative estimate of drug-likeness (QED) is 0.650. The highest BCUT2D eigenvalue weighted by Gasteiger charge is 1.96. The average Bonchev–Trinajstić information content (AvgIpc) is 2.06. The molecule has 60 valence electrons. The van der Waals surface area contributed by atoms with E-state index < -0.39 is 8.03 Å². The molecule has 0 fully saturated rings. The van der Waals surface area contributed by atoms with Crippen molar-refractivity contribution in [2.45, 2.75) is 6.16 Å². The fourth-order valence-corrected chi connectivity index (χ4v) is 1.55. The van der Waals surface area contributed by atoms with E-state index in [1.807, 2.05) is 30.3 Å². The smallest absolute Gasteiger partial charge is 0.195 e. The molecule has 1 aromatic rings. The summed E-state index contributed by atoms with van der Waals surface area (Å²) in [5.74, 6) is 0. The summed E-state index contributed by atoms with van der Waals surface area (Å²) in [4.78, 5) is 0. The fraction of sp³-hybridized carbons (Fsp3) is 0.250. The number of rotatable bonds is 3. The fourth-order valence-electron chi connectivity index (χ4n) is 0.835. The van der Waals surface area contributed by atoms with Gasteiger partial charge in [-0.15, -0.1) is 0 Å². The van der Waals surface area contributed by atoms with Crippen LogP contribution >= 0.6 is 8.03 Å². The maximum Gasteiger partial charge on any atom is 0.195 e. The van der Waals surface area contributed by atoms with Gasteiger partial charge < -0.3 is 4.52 Å². The zero-order chi connectivity index (χ0) is 8.10. The van der Waals surface area contributed by atoms with Crippen LogP contribution in [0, 0.1) is 0 Å². The van der Waals surface area contributed by atoms with Gasteiger partial charge in [0.05, 0.1) is 0 Å². The Morgan fingerprint density at radius 1 is 1.36 bits per heavy atom. The highest BCUT2D eigenvalue weighted by molar-refractivity contribution is 7.38. The molecular weight excluding hydrogens is 159 g/mol. The van der Waals surface area contributed by atoms with Crippen LogP contribution in [0.3, 0.4) is 0 Å². The summed E-state index contributed by atoms with van der Waals surface area (Å²) in [5, 5.41) is 0. The molecule has 1 rings (SSSR count). The van der Waals surface area contributed by atoms with Crippen molar-refractivity contribution in [3.8, 4) is 0 Å². The van der Waals surface area contributed by atoms with Crippen molar-refractivity contribution >= 4 is 8.03 Å². The summed E-state index contributed by atoms with van der Waals surface area (Å²) >= 11 is 0. The van der Waals surface area contributed by atoms with Gasteiger partial charge in [-0.05, 0) is 5.56 Å². The van der Waals surface area contributed by atoms with E-state index in [4.69, 9.17) is 4.52 Å². The van der Waals surface area contributed by atoms with E-state index in [1.165, 1.54) is 7.11 Å². The number of hydrogen-bond donors (Lipinski definition) is 0. The molecular formula is C8H11O2P. The molecule has 2 nitrogen and oxygen atoms in total. The molecule has 0 aliphatic heterocycles. The molecule has 1 aromatic carbocycles. The van der Waals surface area contributed by atoms with Gasteiger partial charge in [0.25, 0.3) is 0 Å². The van der Waals surface area contributed by atoms with Gasteiger partial charge in [-0.3, -0.25) is 4.57 Å². The second-order valence-electron chi connectivity index (χ2n) is 2.24. The summed E-state index contributed by atoms with van der Waals surface area (Å²) in [6, 6.07) is 9.69. The first-order valence-corrected chi connectivity index (χ1v) is 4.96. The van der Waals surface area contributed by atoms with Gasteiger partial charge in [-0.1, -0.05) is 30.3 Å². The Kier molecular flexibility index (Phi) is 3.34. The van der Waals surface area contributed by atoms with Crippen molar-refractivity contribution in [3.05, 3.63) is 35.9 Å². The van der Waals surface area contributed by atoms with Gasteiger partial charge in [-0.2, -0.15) is 0 Å². The summed E-state index contributed by atoms with van der Waals surface area (Å²) in [5.41, 5.74) is 1.07. The molecule has 1 unspecified atom stereocenters. The second kappa shape index (κ2) is 4.32. The first-order chi connectivity index (χ1) is 5.33. The minimum Gasteiger partial charge on any atom is -0.334 e. The zero-order valence-corrected chi connectivity index (χ0v) is 7.41. The highest BCUT2D eigenvalue weighted by Crippen LogP contribution is 2.25. The molecule has 1 atom stereocenters. The zero-order valence-electron chi connectivity index (χ0n) is 6.41. The normalized spacial score (nSPS) is 12.8. The average molecular weight is 170 g/mol. The lowest BCUT2D eigenvalue weighted by Gasteiger charge is -1.98. The van der Waals surface area contributed by atoms with E-state index in [-0.39, 0.29) is 0 Å². The summed E-state index contributed by atoms with van der Waals surface area (Å²) in [6.07, 6.45) is 0.544. The first kappa shape index (κ1) is 8.51. The van der Waals surface area contributed by atoms with Crippen molar-refractivity contribution < 1.29 is 9.09 Å². The van der Waals surface area contributed by atoms with E-state index in [0.717, 1.165) is 5.56 Å². The van der Waals surface area contributed by atoms with Crippen LogP contribution in [0.1, 0.15) is 5.56 Å². The molecule has 0 aliphatic rings.